The van der Waals surface area contributed by atoms with Crippen molar-refractivity contribution in [1.82, 2.24) is 0 Å². The van der Waals surface area contributed by atoms with Gasteiger partial charge in [0.15, 0.2) is 0 Å². The van der Waals surface area contributed by atoms with E-state index in [1.807, 2.05) is 0 Å². The molecular weight excluding hydrogens is 319 g/mol. The molecule has 1 atom stereocenters. The van der Waals surface area contributed by atoms with Crippen LogP contribution in [0.5, 0.6) is 0 Å². The summed E-state index contributed by atoms with van der Waals surface area (Å²) in [5.41, 5.74) is 0.552. The SMILES string of the molecule is CCC(C)CC(C)(C)CI.N=C=O.N=C=O. The first-order valence-electron chi connectivity index (χ1n) is 4.98. The Morgan fingerprint density at radius 3 is 1.75 bits per heavy atom. The maximum atomic E-state index is 8.35. The molecule has 0 aromatic heterocycles. The fourth-order valence-electron chi connectivity index (χ4n) is 1.14. The van der Waals surface area contributed by atoms with Gasteiger partial charge in [0.2, 0.25) is 12.2 Å². The first-order chi connectivity index (χ1) is 7.34. The van der Waals surface area contributed by atoms with Gasteiger partial charge < -0.3 is 0 Å². The number of halogens is 1. The maximum Gasteiger partial charge on any atom is 0.231 e. The van der Waals surface area contributed by atoms with Gasteiger partial charge in [-0.25, -0.2) is 20.4 Å². The minimum atomic E-state index is 0.552. The summed E-state index contributed by atoms with van der Waals surface area (Å²) in [6.45, 7) is 9.32. The van der Waals surface area contributed by atoms with E-state index in [4.69, 9.17) is 20.4 Å². The van der Waals surface area contributed by atoms with Crippen LogP contribution in [-0.4, -0.2) is 16.6 Å². The second-order valence-electron chi connectivity index (χ2n) is 4.22. The molecule has 0 aromatic rings. The van der Waals surface area contributed by atoms with E-state index in [-0.39, 0.29) is 0 Å². The highest BCUT2D eigenvalue weighted by atomic mass is 127. The third-order valence-electron chi connectivity index (χ3n) is 1.96. The summed E-state index contributed by atoms with van der Waals surface area (Å²) in [4.78, 5) is 16.7. The molecule has 0 spiro atoms. The molecule has 1 unspecified atom stereocenters. The fraction of sp³-hybridized carbons (Fsp3) is 0.818. The summed E-state index contributed by atoms with van der Waals surface area (Å²) in [6.07, 6.45) is 4.19. The number of rotatable bonds is 4. The highest BCUT2D eigenvalue weighted by Crippen LogP contribution is 2.28. The van der Waals surface area contributed by atoms with Gasteiger partial charge in [0.1, 0.15) is 0 Å². The first-order valence-corrected chi connectivity index (χ1v) is 6.51. The minimum Gasteiger partial charge on any atom is -0.222 e. The van der Waals surface area contributed by atoms with Crippen LogP contribution in [0.15, 0.2) is 0 Å². The number of isocyanates is 2. The quantitative estimate of drug-likeness (QED) is 0.354. The van der Waals surface area contributed by atoms with Crippen molar-refractivity contribution in [1.29, 1.82) is 10.8 Å². The number of alkyl halides is 1. The molecule has 0 aliphatic rings. The molecule has 0 aromatic carbocycles. The van der Waals surface area contributed by atoms with E-state index in [0.717, 1.165) is 18.1 Å². The zero-order valence-electron chi connectivity index (χ0n) is 10.4. The molecule has 0 radical (unpaired) electrons. The molecule has 4 nitrogen and oxygen atoms in total. The summed E-state index contributed by atoms with van der Waals surface area (Å²) in [6, 6.07) is 0. The Bertz CT molecular complexity index is 206. The molecule has 2 N–H and O–H groups in total. The van der Waals surface area contributed by atoms with Crippen molar-refractivity contribution in [3.05, 3.63) is 0 Å². The second kappa shape index (κ2) is 14.5. The predicted octanol–water partition coefficient (Wildman–Crippen LogP) is 3.69. The summed E-state index contributed by atoms with van der Waals surface area (Å²) in [5.74, 6) is 0.893. The van der Waals surface area contributed by atoms with E-state index in [1.165, 1.54) is 17.3 Å². The van der Waals surface area contributed by atoms with Crippen molar-refractivity contribution in [2.45, 2.75) is 40.5 Å². The Labute approximate surface area is 111 Å². The second-order valence-corrected chi connectivity index (χ2v) is 4.98. The molecule has 0 fully saturated rings. The van der Waals surface area contributed by atoms with Gasteiger partial charge in [0.05, 0.1) is 0 Å². The normalized spacial score (nSPS) is 10.6. The summed E-state index contributed by atoms with van der Waals surface area (Å²) in [7, 11) is 0. The molecular formula is C11H21IN2O2. The van der Waals surface area contributed by atoms with E-state index < -0.39 is 0 Å². The Balaban J connectivity index is -0.000000235. The molecule has 0 saturated carbocycles. The smallest absolute Gasteiger partial charge is 0.222 e. The molecule has 0 saturated heterocycles. The molecule has 0 bridgehead atoms. The topological polar surface area (TPSA) is 81.8 Å². The number of nitrogens with one attached hydrogen (secondary N) is 2. The zero-order chi connectivity index (χ0) is 13.6. The van der Waals surface area contributed by atoms with E-state index >= 15 is 0 Å². The van der Waals surface area contributed by atoms with Crippen LogP contribution in [0.1, 0.15) is 40.5 Å². The predicted molar refractivity (Wildman–Crippen MR) is 73.6 cm³/mol. The zero-order valence-corrected chi connectivity index (χ0v) is 12.6. The van der Waals surface area contributed by atoms with Crippen LogP contribution in [0.25, 0.3) is 0 Å². The number of hydrogen-bond acceptors (Lipinski definition) is 4. The Morgan fingerprint density at radius 2 is 1.56 bits per heavy atom. The third kappa shape index (κ3) is 23.4. The van der Waals surface area contributed by atoms with Crippen LogP contribution < -0.4 is 0 Å². The van der Waals surface area contributed by atoms with E-state index in [0.29, 0.717) is 5.41 Å². The van der Waals surface area contributed by atoms with Gasteiger partial charge in [0.25, 0.3) is 0 Å². The van der Waals surface area contributed by atoms with Crippen molar-refractivity contribution >= 4 is 34.8 Å². The van der Waals surface area contributed by atoms with Gasteiger partial charge in [-0.1, -0.05) is 56.7 Å². The Morgan fingerprint density at radius 1 is 1.25 bits per heavy atom. The third-order valence-corrected chi connectivity index (χ3v) is 4.02. The van der Waals surface area contributed by atoms with Crippen LogP contribution in [0.3, 0.4) is 0 Å². The summed E-state index contributed by atoms with van der Waals surface area (Å²) >= 11 is 2.48. The van der Waals surface area contributed by atoms with Crippen LogP contribution in [-0.2, 0) is 9.59 Å². The molecule has 0 aliphatic carbocycles. The van der Waals surface area contributed by atoms with Crippen LogP contribution in [0.2, 0.25) is 0 Å². The average molecular weight is 340 g/mol. The molecule has 0 aliphatic heterocycles. The Kier molecular flexibility index (Phi) is 18.9. The van der Waals surface area contributed by atoms with Gasteiger partial charge in [-0.2, -0.15) is 0 Å². The lowest BCUT2D eigenvalue weighted by Crippen LogP contribution is -2.16. The monoisotopic (exact) mass is 340 g/mol. The standard InChI is InChI=1S/C9H19I.2CHNO/c1-5-8(2)6-9(3,4)7-10;2*2-1-3/h8H,5-7H2,1-4H3;2*2H. The van der Waals surface area contributed by atoms with Crippen molar-refractivity contribution in [3.63, 3.8) is 0 Å². The molecule has 16 heavy (non-hydrogen) atoms. The first kappa shape index (κ1) is 20.8. The molecule has 0 amide bonds. The van der Waals surface area contributed by atoms with E-state index in [2.05, 4.69) is 50.3 Å². The van der Waals surface area contributed by atoms with Crippen molar-refractivity contribution in [3.8, 4) is 0 Å². The summed E-state index contributed by atoms with van der Waals surface area (Å²) < 4.78 is 1.27. The molecule has 0 heterocycles. The highest BCUT2D eigenvalue weighted by Gasteiger charge is 2.18. The molecule has 5 heteroatoms. The maximum absolute atomic E-state index is 8.35. The van der Waals surface area contributed by atoms with Crippen LogP contribution in [0.4, 0.5) is 0 Å². The van der Waals surface area contributed by atoms with Crippen molar-refractivity contribution < 1.29 is 9.59 Å². The van der Waals surface area contributed by atoms with Gasteiger partial charge in [-0.05, 0) is 17.8 Å². The average Bonchev–Trinajstić information content (AvgIpc) is 2.19. The number of carbonyl (C=O) groups excluding carboxylic acids is 2. The molecule has 0 rings (SSSR count). The van der Waals surface area contributed by atoms with Gasteiger partial charge in [0, 0.05) is 4.43 Å². The van der Waals surface area contributed by atoms with Gasteiger partial charge in [-0.15, -0.1) is 0 Å². The highest BCUT2D eigenvalue weighted by molar-refractivity contribution is 14.1. The van der Waals surface area contributed by atoms with Gasteiger partial charge >= 0.3 is 0 Å². The van der Waals surface area contributed by atoms with E-state index in [1.54, 1.807) is 0 Å². The lowest BCUT2D eigenvalue weighted by Gasteiger charge is -2.24. The lowest BCUT2D eigenvalue weighted by atomic mass is 9.84. The minimum absolute atomic E-state index is 0.552. The fourth-order valence-corrected chi connectivity index (χ4v) is 1.45. The van der Waals surface area contributed by atoms with E-state index in [9.17, 15) is 0 Å². The van der Waals surface area contributed by atoms with Gasteiger partial charge in [-0.3, -0.25) is 0 Å². The molecule has 94 valence electrons. The van der Waals surface area contributed by atoms with Crippen LogP contribution >= 0.6 is 22.6 Å². The summed E-state index contributed by atoms with van der Waals surface area (Å²) in [5, 5.41) is 10.8. The van der Waals surface area contributed by atoms with Crippen LogP contribution in [0, 0.1) is 22.2 Å². The van der Waals surface area contributed by atoms with Crippen molar-refractivity contribution in [2.75, 3.05) is 4.43 Å². The van der Waals surface area contributed by atoms with Crippen molar-refractivity contribution in [2.24, 2.45) is 11.3 Å². The number of hydrogen-bond donors (Lipinski definition) is 2. The largest absolute Gasteiger partial charge is 0.231 e. The Hall–Kier alpha value is -0.510. The lowest BCUT2D eigenvalue weighted by molar-refractivity contribution is 0.313.